The molecular formula is C52H40N2. The lowest BCUT2D eigenvalue weighted by Gasteiger charge is -2.31. The number of fused-ring (bicyclic) bond motifs is 10. The number of hydrogen-bond acceptors (Lipinski definition) is 2. The summed E-state index contributed by atoms with van der Waals surface area (Å²) in [5.41, 5.74) is 20.4. The van der Waals surface area contributed by atoms with Crippen LogP contribution in [0.25, 0.3) is 55.8 Å². The minimum Gasteiger partial charge on any atom is -0.264 e. The number of para-hydroxylation sites is 1. The van der Waals surface area contributed by atoms with Gasteiger partial charge in [-0.3, -0.25) is 9.98 Å². The maximum atomic E-state index is 4.57. The van der Waals surface area contributed by atoms with Crippen molar-refractivity contribution in [1.82, 2.24) is 4.98 Å². The molecule has 2 heteroatoms. The van der Waals surface area contributed by atoms with E-state index in [1.165, 1.54) is 72.3 Å². The van der Waals surface area contributed by atoms with Crippen molar-refractivity contribution in [3.05, 3.63) is 216 Å². The SMILES string of the molecule is C=Nc1ccccc1-c1c(Cc2cccc(-c3ccc(-c4ccccn4)cc3)c2)ccc2c1-c1ccccc1C21c2ccccc2-c2ccccc21.CC. The van der Waals surface area contributed by atoms with Gasteiger partial charge in [-0.25, -0.2) is 0 Å². The van der Waals surface area contributed by atoms with E-state index in [1.807, 2.05) is 38.2 Å². The van der Waals surface area contributed by atoms with Crippen LogP contribution in [-0.2, 0) is 11.8 Å². The van der Waals surface area contributed by atoms with Crippen LogP contribution in [-0.4, -0.2) is 11.7 Å². The standard InChI is InChI=1S/C50H34N2.C2H6/c1-51-47-23-9-5-18-41(47)48-37(32-33-13-12-14-36(31-33)34-24-26-35(27-25-34)46-22-10-11-30-52-46)28-29-45-49(48)40-17-4-8-21-44(40)50(45)42-19-6-2-15-38(42)39-16-3-7-20-43(39)50;1-2/h2-31H,1,32H2;1-2H3. The van der Waals surface area contributed by atoms with Crippen molar-refractivity contribution in [2.45, 2.75) is 25.7 Å². The van der Waals surface area contributed by atoms with Crippen molar-refractivity contribution >= 4 is 12.4 Å². The van der Waals surface area contributed by atoms with E-state index in [4.69, 9.17) is 0 Å². The second kappa shape index (κ2) is 13.7. The van der Waals surface area contributed by atoms with Crippen LogP contribution in [0.1, 0.15) is 47.2 Å². The van der Waals surface area contributed by atoms with Crippen LogP contribution >= 0.6 is 0 Å². The number of aromatic nitrogens is 1. The van der Waals surface area contributed by atoms with Crippen molar-refractivity contribution in [2.75, 3.05) is 0 Å². The summed E-state index contributed by atoms with van der Waals surface area (Å²) in [6, 6.07) is 64.0. The van der Waals surface area contributed by atoms with Crippen molar-refractivity contribution < 1.29 is 0 Å². The number of hydrogen-bond donors (Lipinski definition) is 0. The van der Waals surface area contributed by atoms with Gasteiger partial charge in [-0.1, -0.05) is 172 Å². The molecule has 1 spiro atoms. The highest BCUT2D eigenvalue weighted by molar-refractivity contribution is 6.02. The summed E-state index contributed by atoms with van der Waals surface area (Å²) in [5, 5.41) is 0. The molecule has 0 fully saturated rings. The first-order valence-electron chi connectivity index (χ1n) is 18.9. The van der Waals surface area contributed by atoms with Crippen LogP contribution in [0, 0.1) is 0 Å². The zero-order valence-electron chi connectivity index (χ0n) is 30.6. The molecule has 0 saturated carbocycles. The maximum Gasteiger partial charge on any atom is 0.0725 e. The van der Waals surface area contributed by atoms with Gasteiger partial charge in [0.1, 0.15) is 0 Å². The quantitative estimate of drug-likeness (QED) is 0.159. The highest BCUT2D eigenvalue weighted by Gasteiger charge is 2.52. The molecule has 0 saturated heterocycles. The van der Waals surface area contributed by atoms with Gasteiger partial charge in [0.05, 0.1) is 16.8 Å². The Labute approximate surface area is 318 Å². The fourth-order valence-corrected chi connectivity index (χ4v) is 8.95. The molecule has 1 heterocycles. The van der Waals surface area contributed by atoms with Crippen molar-refractivity contribution in [1.29, 1.82) is 0 Å². The van der Waals surface area contributed by atoms with Crippen LogP contribution < -0.4 is 0 Å². The van der Waals surface area contributed by atoms with E-state index in [-0.39, 0.29) is 0 Å². The van der Waals surface area contributed by atoms with Gasteiger partial charge in [0.25, 0.3) is 0 Å². The third-order valence-electron chi connectivity index (χ3n) is 11.1. The topological polar surface area (TPSA) is 25.2 Å². The van der Waals surface area contributed by atoms with Crippen molar-refractivity contribution in [2.24, 2.45) is 4.99 Å². The van der Waals surface area contributed by atoms with Gasteiger partial charge in [-0.2, -0.15) is 0 Å². The number of aliphatic imine (C=N–C) groups is 1. The van der Waals surface area contributed by atoms with Gasteiger partial charge >= 0.3 is 0 Å². The lowest BCUT2D eigenvalue weighted by molar-refractivity contribution is 0.793. The Morgan fingerprint density at radius 2 is 1.07 bits per heavy atom. The molecule has 7 aromatic carbocycles. The van der Waals surface area contributed by atoms with Crippen LogP contribution in [0.3, 0.4) is 0 Å². The molecule has 0 aliphatic heterocycles. The van der Waals surface area contributed by atoms with E-state index in [0.29, 0.717) is 0 Å². The minimum absolute atomic E-state index is 0.412. The van der Waals surface area contributed by atoms with Gasteiger partial charge < -0.3 is 0 Å². The molecule has 0 bridgehead atoms. The monoisotopic (exact) mass is 692 g/mol. The Balaban J connectivity index is 0.00000189. The summed E-state index contributed by atoms with van der Waals surface area (Å²) in [6.07, 6.45) is 2.61. The average Bonchev–Trinajstić information content (AvgIpc) is 3.72. The summed E-state index contributed by atoms with van der Waals surface area (Å²) >= 11 is 0. The normalized spacial score (nSPS) is 12.6. The molecule has 0 N–H and O–H groups in total. The zero-order chi connectivity index (χ0) is 36.6. The van der Waals surface area contributed by atoms with Gasteiger partial charge in [0, 0.05) is 17.3 Å². The molecule has 2 aliphatic rings. The van der Waals surface area contributed by atoms with Crippen LogP contribution in [0.15, 0.2) is 187 Å². The summed E-state index contributed by atoms with van der Waals surface area (Å²) in [5.74, 6) is 0. The van der Waals surface area contributed by atoms with Gasteiger partial charge in [0.2, 0.25) is 0 Å². The van der Waals surface area contributed by atoms with E-state index >= 15 is 0 Å². The molecule has 2 aliphatic carbocycles. The van der Waals surface area contributed by atoms with Crippen LogP contribution in [0.4, 0.5) is 5.69 Å². The predicted molar refractivity (Wildman–Crippen MR) is 227 cm³/mol. The third kappa shape index (κ3) is 5.09. The fourth-order valence-electron chi connectivity index (χ4n) is 8.95. The molecule has 54 heavy (non-hydrogen) atoms. The fraction of sp³-hybridized carbons (Fsp3) is 0.0769. The summed E-state index contributed by atoms with van der Waals surface area (Å²) in [4.78, 5) is 9.10. The van der Waals surface area contributed by atoms with E-state index in [2.05, 4.69) is 174 Å². The molecule has 0 amide bonds. The Morgan fingerprint density at radius 1 is 0.481 bits per heavy atom. The Kier molecular flexibility index (Phi) is 8.44. The molecule has 1 aromatic heterocycles. The Bertz CT molecular complexity index is 2620. The first-order valence-corrected chi connectivity index (χ1v) is 18.9. The highest BCUT2D eigenvalue weighted by Crippen LogP contribution is 2.64. The third-order valence-corrected chi connectivity index (χ3v) is 11.1. The van der Waals surface area contributed by atoms with E-state index in [9.17, 15) is 0 Å². The first-order chi connectivity index (χ1) is 26.8. The van der Waals surface area contributed by atoms with Gasteiger partial charge in [-0.15, -0.1) is 0 Å². The minimum atomic E-state index is -0.412. The van der Waals surface area contributed by atoms with E-state index in [1.54, 1.807) is 0 Å². The summed E-state index contributed by atoms with van der Waals surface area (Å²) in [6.45, 7) is 8.02. The highest BCUT2D eigenvalue weighted by atomic mass is 14.7. The molecule has 258 valence electrons. The number of benzene rings is 7. The van der Waals surface area contributed by atoms with E-state index in [0.717, 1.165) is 28.9 Å². The van der Waals surface area contributed by atoms with E-state index < -0.39 is 5.41 Å². The molecule has 2 nitrogen and oxygen atoms in total. The summed E-state index contributed by atoms with van der Waals surface area (Å²) < 4.78 is 0. The van der Waals surface area contributed by atoms with Crippen molar-refractivity contribution in [3.63, 3.8) is 0 Å². The lowest BCUT2D eigenvalue weighted by atomic mass is 9.70. The second-order valence-electron chi connectivity index (χ2n) is 13.8. The number of rotatable bonds is 6. The Hall–Kier alpha value is -6.64. The van der Waals surface area contributed by atoms with Crippen molar-refractivity contribution in [3.8, 4) is 55.8 Å². The largest absolute Gasteiger partial charge is 0.264 e. The molecule has 0 atom stereocenters. The molecular weight excluding hydrogens is 653 g/mol. The summed E-state index contributed by atoms with van der Waals surface area (Å²) in [7, 11) is 0. The predicted octanol–water partition coefficient (Wildman–Crippen LogP) is 13.4. The maximum absolute atomic E-state index is 4.57. The smallest absolute Gasteiger partial charge is 0.0725 e. The van der Waals surface area contributed by atoms with Crippen LogP contribution in [0.2, 0.25) is 0 Å². The van der Waals surface area contributed by atoms with Gasteiger partial charge in [0.15, 0.2) is 0 Å². The number of nitrogens with zero attached hydrogens (tertiary/aromatic N) is 2. The zero-order valence-corrected chi connectivity index (χ0v) is 30.6. The molecule has 0 radical (unpaired) electrons. The Morgan fingerprint density at radius 3 is 1.74 bits per heavy atom. The second-order valence-corrected chi connectivity index (χ2v) is 13.8. The molecule has 10 rings (SSSR count). The average molecular weight is 693 g/mol. The molecule has 0 unspecified atom stereocenters. The molecule has 8 aromatic rings. The number of pyridine rings is 1. The lowest BCUT2D eigenvalue weighted by Crippen LogP contribution is -2.25. The van der Waals surface area contributed by atoms with Gasteiger partial charge in [-0.05, 0) is 104 Å². The van der Waals surface area contributed by atoms with Crippen LogP contribution in [0.5, 0.6) is 0 Å². The first kappa shape index (κ1) is 33.2.